The Labute approximate surface area is 255 Å². The van der Waals surface area contributed by atoms with Crippen LogP contribution in [-0.2, 0) is 40.4 Å². The second kappa shape index (κ2) is 17.1. The molecule has 0 saturated carbocycles. The van der Waals surface area contributed by atoms with E-state index >= 15 is 0 Å². The average molecular weight is 732 g/mol. The maximum atomic E-state index is 4.36. The summed E-state index contributed by atoms with van der Waals surface area (Å²) in [5, 5.41) is 0. The number of benzene rings is 1. The van der Waals surface area contributed by atoms with Gasteiger partial charge in [0.2, 0.25) is 0 Å². The maximum absolute atomic E-state index is 4.36. The number of rotatable bonds is 6. The van der Waals surface area contributed by atoms with Gasteiger partial charge in [0, 0.05) is 57.8 Å². The molecule has 1 aromatic carbocycles. The number of hydrogen-bond donors (Lipinski definition) is 0. The van der Waals surface area contributed by atoms with Crippen molar-refractivity contribution in [1.29, 1.82) is 0 Å². The van der Waals surface area contributed by atoms with Crippen molar-refractivity contribution in [2.45, 2.75) is 32.7 Å². The van der Waals surface area contributed by atoms with Gasteiger partial charge in [-0.15, -0.1) is 0 Å². The van der Waals surface area contributed by atoms with Crippen LogP contribution in [0.5, 0.6) is 0 Å². The van der Waals surface area contributed by atoms with E-state index in [9.17, 15) is 0 Å². The van der Waals surface area contributed by atoms with Crippen molar-refractivity contribution in [2.24, 2.45) is 14.1 Å². The van der Waals surface area contributed by atoms with Crippen molar-refractivity contribution in [1.82, 2.24) is 38.6 Å². The van der Waals surface area contributed by atoms with E-state index in [1.165, 1.54) is 24.8 Å². The minimum absolute atomic E-state index is 0. The molecule has 10 heteroatoms. The molecule has 6 aromatic rings. The standard InChI is InChI=1S/C12H16N2.2C9H9N3.ClH.Os/c1-2-3-6-9-14-10-13-11-7-4-5-8-12(11)14;2*1-12-7-6-11-9(12)8-4-2-3-5-10-8;;/h4-5,7-8,10H,2-3,6,9H2,1H3;2*2-7H,1H3;1H;/q;;;;+4/p-1. The molecule has 0 aliphatic rings. The molecule has 0 atom stereocenters. The molecule has 0 fully saturated rings. The Morgan fingerprint density at radius 1 is 0.625 bits per heavy atom. The minimum atomic E-state index is 0. The summed E-state index contributed by atoms with van der Waals surface area (Å²) < 4.78 is 6.13. The fraction of sp³-hybridized carbons (Fsp3) is 0.233. The van der Waals surface area contributed by atoms with Gasteiger partial charge < -0.3 is 26.1 Å². The number of para-hydroxylation sites is 2. The predicted molar refractivity (Wildman–Crippen MR) is 152 cm³/mol. The summed E-state index contributed by atoms with van der Waals surface area (Å²) in [6.07, 6.45) is 16.6. The third kappa shape index (κ3) is 8.94. The molecule has 0 radical (unpaired) electrons. The van der Waals surface area contributed by atoms with Crippen molar-refractivity contribution >= 4 is 11.0 Å². The normalized spacial score (nSPS) is 9.88. The van der Waals surface area contributed by atoms with Crippen LogP contribution in [0.1, 0.15) is 26.2 Å². The van der Waals surface area contributed by atoms with Crippen LogP contribution in [0.3, 0.4) is 0 Å². The SMILES string of the molecule is CCCCCn1cnc2ccccc21.Cn1ccnc1-c1ccccn1.Cn1ccnc1-c1ccccn1.[Cl-].[Os+4]. The Morgan fingerprint density at radius 2 is 1.18 bits per heavy atom. The molecule has 0 N–H and O–H groups in total. The zero-order valence-corrected chi connectivity index (χ0v) is 26.2. The summed E-state index contributed by atoms with van der Waals surface area (Å²) in [7, 11) is 3.91. The second-order valence-corrected chi connectivity index (χ2v) is 8.79. The van der Waals surface area contributed by atoms with Crippen molar-refractivity contribution in [3.63, 3.8) is 0 Å². The van der Waals surface area contributed by atoms with Crippen molar-refractivity contribution < 1.29 is 32.2 Å². The van der Waals surface area contributed by atoms with E-state index in [0.29, 0.717) is 0 Å². The fourth-order valence-corrected chi connectivity index (χ4v) is 3.94. The Bertz CT molecular complexity index is 1440. The zero-order valence-electron chi connectivity index (χ0n) is 23.0. The fourth-order valence-electron chi connectivity index (χ4n) is 3.94. The molecular formula is C30H34ClN8Os+3. The van der Waals surface area contributed by atoms with E-state index < -0.39 is 0 Å². The number of hydrogen-bond acceptors (Lipinski definition) is 5. The summed E-state index contributed by atoms with van der Waals surface area (Å²) in [6, 6.07) is 19.9. The molecule has 5 aromatic heterocycles. The number of pyridine rings is 2. The molecular weight excluding hydrogens is 698 g/mol. The van der Waals surface area contributed by atoms with Gasteiger partial charge in [-0.05, 0) is 42.8 Å². The van der Waals surface area contributed by atoms with Crippen LogP contribution in [0.2, 0.25) is 0 Å². The number of halogens is 1. The molecule has 0 aliphatic carbocycles. The van der Waals surface area contributed by atoms with Gasteiger partial charge in [-0.25, -0.2) is 15.0 Å². The summed E-state index contributed by atoms with van der Waals surface area (Å²) >= 11 is 0. The van der Waals surface area contributed by atoms with Crippen molar-refractivity contribution in [3.05, 3.63) is 104 Å². The third-order valence-corrected chi connectivity index (χ3v) is 5.96. The van der Waals surface area contributed by atoms with Gasteiger partial charge >= 0.3 is 19.8 Å². The summed E-state index contributed by atoms with van der Waals surface area (Å²) in [5.41, 5.74) is 4.17. The molecule has 0 aliphatic heterocycles. The van der Waals surface area contributed by atoms with E-state index in [2.05, 4.69) is 54.6 Å². The molecule has 0 unspecified atom stereocenters. The monoisotopic (exact) mass is 733 g/mol. The third-order valence-electron chi connectivity index (χ3n) is 5.96. The first kappa shape index (κ1) is 32.5. The summed E-state index contributed by atoms with van der Waals surface area (Å²) in [4.78, 5) is 21.1. The van der Waals surface area contributed by atoms with Gasteiger partial charge in [-0.2, -0.15) is 0 Å². The van der Waals surface area contributed by atoms with Crippen molar-refractivity contribution in [3.8, 4) is 23.0 Å². The number of fused-ring (bicyclic) bond motifs is 1. The predicted octanol–water partition coefficient (Wildman–Crippen LogP) is 3.19. The first-order valence-electron chi connectivity index (χ1n) is 12.8. The number of nitrogens with zero attached hydrogens (tertiary/aromatic N) is 8. The van der Waals surface area contributed by atoms with Crippen LogP contribution in [0, 0.1) is 0 Å². The molecule has 40 heavy (non-hydrogen) atoms. The van der Waals surface area contributed by atoms with Gasteiger partial charge in [0.1, 0.15) is 11.4 Å². The molecule has 0 amide bonds. The van der Waals surface area contributed by atoms with Gasteiger partial charge in [-0.3, -0.25) is 9.97 Å². The Kier molecular flexibility index (Phi) is 13.9. The number of aryl methyl sites for hydroxylation is 3. The van der Waals surface area contributed by atoms with E-state index in [1.54, 1.807) is 24.8 Å². The Morgan fingerprint density at radius 3 is 1.65 bits per heavy atom. The topological polar surface area (TPSA) is 79.2 Å². The van der Waals surface area contributed by atoms with Gasteiger partial charge in [-0.1, -0.05) is 44.0 Å². The number of imidazole rings is 3. The second-order valence-electron chi connectivity index (χ2n) is 8.79. The maximum Gasteiger partial charge on any atom is 4.00 e. The largest absolute Gasteiger partial charge is 4.00 e. The zero-order chi connectivity index (χ0) is 26.6. The van der Waals surface area contributed by atoms with Crippen LogP contribution < -0.4 is 12.4 Å². The Balaban J connectivity index is 0.000000206. The molecule has 0 spiro atoms. The molecule has 5 heterocycles. The minimum Gasteiger partial charge on any atom is -1.00 e. The summed E-state index contributed by atoms with van der Waals surface area (Å²) in [6.45, 7) is 3.32. The molecule has 206 valence electrons. The average Bonchev–Trinajstić information content (AvgIpc) is 3.71. The van der Waals surface area contributed by atoms with Crippen LogP contribution in [0.25, 0.3) is 34.1 Å². The van der Waals surface area contributed by atoms with E-state index in [-0.39, 0.29) is 32.2 Å². The first-order valence-corrected chi connectivity index (χ1v) is 12.8. The van der Waals surface area contributed by atoms with Crippen LogP contribution in [0.4, 0.5) is 0 Å². The van der Waals surface area contributed by atoms with Gasteiger partial charge in [0.25, 0.3) is 0 Å². The molecule has 6 rings (SSSR count). The first-order chi connectivity index (χ1) is 18.7. The smallest absolute Gasteiger partial charge is 1.00 e. The Hall–Kier alpha value is -3.66. The van der Waals surface area contributed by atoms with E-state index in [0.717, 1.165) is 35.1 Å². The van der Waals surface area contributed by atoms with E-state index in [4.69, 9.17) is 0 Å². The molecule has 0 bridgehead atoms. The molecule has 8 nitrogen and oxygen atoms in total. The number of unbranched alkanes of at least 4 members (excludes halogenated alkanes) is 2. The van der Waals surface area contributed by atoms with Crippen LogP contribution >= 0.6 is 0 Å². The molecule has 0 saturated heterocycles. The summed E-state index contributed by atoms with van der Waals surface area (Å²) in [5.74, 6) is 1.80. The van der Waals surface area contributed by atoms with Gasteiger partial charge in [0.15, 0.2) is 11.6 Å². The van der Waals surface area contributed by atoms with Crippen LogP contribution in [0.15, 0.2) is 104 Å². The van der Waals surface area contributed by atoms with Crippen LogP contribution in [-0.4, -0.2) is 38.6 Å². The van der Waals surface area contributed by atoms with Gasteiger partial charge in [0.05, 0.1) is 17.4 Å². The number of aromatic nitrogens is 8. The van der Waals surface area contributed by atoms with E-state index in [1.807, 2.05) is 84.4 Å². The van der Waals surface area contributed by atoms with Crippen molar-refractivity contribution in [2.75, 3.05) is 0 Å². The quantitative estimate of drug-likeness (QED) is 0.246.